The van der Waals surface area contributed by atoms with Crippen LogP contribution in [0.15, 0.2) is 24.3 Å². The molecule has 2 N–H and O–H groups in total. The molecule has 0 radical (unpaired) electrons. The van der Waals surface area contributed by atoms with Crippen LogP contribution >= 0.6 is 0 Å². The summed E-state index contributed by atoms with van der Waals surface area (Å²) in [6.07, 6.45) is 4.19. The molecule has 3 nitrogen and oxygen atoms in total. The molecule has 1 unspecified atom stereocenters. The Labute approximate surface area is 117 Å². The van der Waals surface area contributed by atoms with Crippen LogP contribution in [0.2, 0.25) is 0 Å². The smallest absolute Gasteiger partial charge is 0.0467 e. The Hall–Kier alpha value is -1.06. The van der Waals surface area contributed by atoms with Gasteiger partial charge in [-0.25, -0.2) is 0 Å². The van der Waals surface area contributed by atoms with Gasteiger partial charge >= 0.3 is 0 Å². The lowest BCUT2D eigenvalue weighted by atomic mass is 9.85. The molecule has 0 heterocycles. The second-order valence-corrected chi connectivity index (χ2v) is 5.97. The van der Waals surface area contributed by atoms with Gasteiger partial charge in [0.05, 0.1) is 0 Å². The molecule has 0 aromatic heterocycles. The molecule has 1 aliphatic carbocycles. The van der Waals surface area contributed by atoms with Crippen molar-refractivity contribution in [3.05, 3.63) is 29.8 Å². The summed E-state index contributed by atoms with van der Waals surface area (Å²) in [5.41, 5.74) is 8.55. The summed E-state index contributed by atoms with van der Waals surface area (Å²) in [5.74, 6) is 0.889. The minimum absolute atomic E-state index is 0.344. The van der Waals surface area contributed by atoms with E-state index < -0.39 is 0 Å². The highest BCUT2D eigenvalue weighted by Gasteiger charge is 2.23. The van der Waals surface area contributed by atoms with E-state index in [-0.39, 0.29) is 0 Å². The summed E-state index contributed by atoms with van der Waals surface area (Å²) < 4.78 is 0. The summed E-state index contributed by atoms with van der Waals surface area (Å²) in [6.45, 7) is 1.86. The maximum Gasteiger partial charge on any atom is 0.0467 e. The van der Waals surface area contributed by atoms with E-state index in [9.17, 15) is 0 Å². The van der Waals surface area contributed by atoms with Crippen molar-refractivity contribution in [1.82, 2.24) is 4.90 Å². The van der Waals surface area contributed by atoms with E-state index in [0.29, 0.717) is 12.6 Å². The number of anilines is 1. The van der Waals surface area contributed by atoms with E-state index in [2.05, 4.69) is 55.2 Å². The average Bonchev–Trinajstić information content (AvgIpc) is 2.35. The Morgan fingerprint density at radius 1 is 1.16 bits per heavy atom. The molecule has 106 valence electrons. The topological polar surface area (TPSA) is 32.5 Å². The molecule has 0 bridgehead atoms. The zero-order chi connectivity index (χ0) is 13.8. The van der Waals surface area contributed by atoms with Crippen LogP contribution in [-0.4, -0.2) is 39.1 Å². The number of hydrogen-bond donors (Lipinski definition) is 1. The first-order chi connectivity index (χ1) is 9.11. The summed E-state index contributed by atoms with van der Waals surface area (Å²) in [6, 6.07) is 9.12. The van der Waals surface area contributed by atoms with Crippen molar-refractivity contribution >= 4 is 5.69 Å². The molecule has 3 heteroatoms. The molecule has 2 rings (SSSR count). The summed E-state index contributed by atoms with van der Waals surface area (Å²) in [5, 5.41) is 0. The van der Waals surface area contributed by atoms with E-state index in [1.807, 2.05) is 0 Å². The molecule has 1 fully saturated rings. The highest BCUT2D eigenvalue weighted by atomic mass is 15.1. The van der Waals surface area contributed by atoms with Gasteiger partial charge < -0.3 is 10.6 Å². The first-order valence-corrected chi connectivity index (χ1v) is 7.29. The summed E-state index contributed by atoms with van der Waals surface area (Å²) in [4.78, 5) is 4.55. The van der Waals surface area contributed by atoms with Gasteiger partial charge in [0.15, 0.2) is 0 Å². The van der Waals surface area contributed by atoms with Crippen molar-refractivity contribution in [3.8, 4) is 0 Å². The van der Waals surface area contributed by atoms with Crippen LogP contribution in [0.1, 0.15) is 30.9 Å². The van der Waals surface area contributed by atoms with Crippen LogP contribution in [-0.2, 0) is 0 Å². The van der Waals surface area contributed by atoms with E-state index in [1.54, 1.807) is 0 Å². The van der Waals surface area contributed by atoms with E-state index in [0.717, 1.165) is 5.92 Å². The van der Waals surface area contributed by atoms with Gasteiger partial charge in [-0.15, -0.1) is 0 Å². The van der Waals surface area contributed by atoms with Crippen LogP contribution in [0.5, 0.6) is 0 Å². The first-order valence-electron chi connectivity index (χ1n) is 7.29. The number of likely N-dealkylation sites (N-methyl/N-ethyl adjacent to an activating group) is 1. The molecule has 1 aliphatic rings. The highest BCUT2D eigenvalue weighted by molar-refractivity contribution is 5.46. The third kappa shape index (κ3) is 3.48. The Morgan fingerprint density at radius 2 is 1.79 bits per heavy atom. The zero-order valence-electron chi connectivity index (χ0n) is 12.5. The summed E-state index contributed by atoms with van der Waals surface area (Å²) >= 11 is 0. The SMILES string of the molecule is CN(C)c1ccc(C(CN)N(C)CC2CCC2)cc1. The van der Waals surface area contributed by atoms with Gasteiger partial charge in [-0.2, -0.15) is 0 Å². The minimum atomic E-state index is 0.344. The molecule has 1 saturated carbocycles. The average molecular weight is 261 g/mol. The molecule has 0 amide bonds. The lowest BCUT2D eigenvalue weighted by Crippen LogP contribution is -2.36. The molecule has 1 aromatic carbocycles. The van der Waals surface area contributed by atoms with Gasteiger partial charge in [0.25, 0.3) is 0 Å². The normalized spacial score (nSPS) is 17.3. The zero-order valence-corrected chi connectivity index (χ0v) is 12.5. The van der Waals surface area contributed by atoms with Crippen LogP contribution in [0, 0.1) is 5.92 Å². The molecular formula is C16H27N3. The minimum Gasteiger partial charge on any atom is -0.378 e. The van der Waals surface area contributed by atoms with E-state index in [4.69, 9.17) is 5.73 Å². The van der Waals surface area contributed by atoms with Crippen molar-refractivity contribution in [3.63, 3.8) is 0 Å². The van der Waals surface area contributed by atoms with Crippen molar-refractivity contribution in [2.75, 3.05) is 39.1 Å². The molecule has 1 atom stereocenters. The molecule has 1 aromatic rings. The monoisotopic (exact) mass is 261 g/mol. The predicted octanol–water partition coefficient (Wildman–Crippen LogP) is 2.48. The number of nitrogens with two attached hydrogens (primary N) is 1. The van der Waals surface area contributed by atoms with Gasteiger partial charge in [-0.3, -0.25) is 4.90 Å². The van der Waals surface area contributed by atoms with E-state index >= 15 is 0 Å². The number of hydrogen-bond acceptors (Lipinski definition) is 3. The maximum absolute atomic E-state index is 5.99. The van der Waals surface area contributed by atoms with E-state index in [1.165, 1.54) is 37.1 Å². The Bertz CT molecular complexity index is 381. The number of nitrogens with zero attached hydrogens (tertiary/aromatic N) is 2. The standard InChI is InChI=1S/C16H27N3/c1-18(2)15-9-7-14(8-10-15)16(11-17)19(3)12-13-5-4-6-13/h7-10,13,16H,4-6,11-12,17H2,1-3H3. The Morgan fingerprint density at radius 3 is 2.21 bits per heavy atom. The Kier molecular flexibility index (Phi) is 4.83. The molecule has 0 saturated heterocycles. The van der Waals surface area contributed by atoms with Crippen molar-refractivity contribution in [2.45, 2.75) is 25.3 Å². The second-order valence-electron chi connectivity index (χ2n) is 5.97. The van der Waals surface area contributed by atoms with Gasteiger partial charge in [0, 0.05) is 38.9 Å². The number of rotatable bonds is 6. The lowest BCUT2D eigenvalue weighted by molar-refractivity contribution is 0.165. The largest absolute Gasteiger partial charge is 0.378 e. The number of benzene rings is 1. The van der Waals surface area contributed by atoms with Crippen LogP contribution < -0.4 is 10.6 Å². The molecule has 0 spiro atoms. The predicted molar refractivity (Wildman–Crippen MR) is 82.5 cm³/mol. The van der Waals surface area contributed by atoms with Gasteiger partial charge in [0.2, 0.25) is 0 Å². The van der Waals surface area contributed by atoms with Gasteiger partial charge in [-0.1, -0.05) is 18.6 Å². The van der Waals surface area contributed by atoms with Gasteiger partial charge in [-0.05, 0) is 43.5 Å². The fourth-order valence-electron chi connectivity index (χ4n) is 2.78. The molecular weight excluding hydrogens is 234 g/mol. The lowest BCUT2D eigenvalue weighted by Gasteiger charge is -2.34. The first kappa shape index (κ1) is 14.4. The van der Waals surface area contributed by atoms with Crippen molar-refractivity contribution in [1.29, 1.82) is 0 Å². The third-order valence-electron chi connectivity index (χ3n) is 4.32. The van der Waals surface area contributed by atoms with Crippen LogP contribution in [0.3, 0.4) is 0 Å². The summed E-state index contributed by atoms with van der Waals surface area (Å²) in [7, 11) is 6.34. The Balaban J connectivity index is 2.02. The maximum atomic E-state index is 5.99. The van der Waals surface area contributed by atoms with Crippen molar-refractivity contribution in [2.24, 2.45) is 11.7 Å². The fraction of sp³-hybridized carbons (Fsp3) is 0.625. The fourth-order valence-corrected chi connectivity index (χ4v) is 2.78. The van der Waals surface area contributed by atoms with Gasteiger partial charge in [0.1, 0.15) is 0 Å². The van der Waals surface area contributed by atoms with Crippen molar-refractivity contribution < 1.29 is 0 Å². The quantitative estimate of drug-likeness (QED) is 0.854. The third-order valence-corrected chi connectivity index (χ3v) is 4.32. The van der Waals surface area contributed by atoms with Crippen LogP contribution in [0.25, 0.3) is 0 Å². The molecule has 0 aliphatic heterocycles. The second kappa shape index (κ2) is 6.40. The highest BCUT2D eigenvalue weighted by Crippen LogP contribution is 2.29. The molecule has 19 heavy (non-hydrogen) atoms. The van der Waals surface area contributed by atoms with Crippen LogP contribution in [0.4, 0.5) is 5.69 Å².